The predicted molar refractivity (Wildman–Crippen MR) is 43.2 cm³/mol. The monoisotopic (exact) mass is 175 g/mol. The van der Waals surface area contributed by atoms with Crippen LogP contribution in [0.25, 0.3) is 0 Å². The summed E-state index contributed by atoms with van der Waals surface area (Å²) in [7, 11) is 0. The number of rotatable bonds is 1. The van der Waals surface area contributed by atoms with Gasteiger partial charge in [0.2, 0.25) is 0 Å². The second kappa shape index (κ2) is 3.03. The molecule has 0 fully saturated rings. The van der Waals surface area contributed by atoms with Crippen molar-refractivity contribution in [3.63, 3.8) is 0 Å². The number of thiophene rings is 1. The van der Waals surface area contributed by atoms with Crippen LogP contribution >= 0.6 is 22.9 Å². The molecule has 0 spiro atoms. The van der Waals surface area contributed by atoms with Crippen molar-refractivity contribution in [3.05, 3.63) is 21.9 Å². The van der Waals surface area contributed by atoms with Crippen LogP contribution in [-0.2, 0) is 0 Å². The second-order valence-electron chi connectivity index (χ2n) is 1.80. The third kappa shape index (κ3) is 1.49. The molecule has 0 bridgehead atoms. The Morgan fingerprint density at radius 1 is 1.70 bits per heavy atom. The Hall–Kier alpha value is -0.540. The average molecular weight is 176 g/mol. The van der Waals surface area contributed by atoms with E-state index < -0.39 is 0 Å². The molecule has 0 saturated heterocycles. The minimum atomic E-state index is 0.151. The summed E-state index contributed by atoms with van der Waals surface area (Å²) in [5.41, 5.74) is 0. The summed E-state index contributed by atoms with van der Waals surface area (Å²) in [6, 6.07) is 3.75. The fraction of sp³-hybridized carbons (Fsp3) is 0.167. The molecular formula is C6H6ClNOS. The number of oxime groups is 1. The first kappa shape index (κ1) is 7.57. The first-order valence-corrected chi connectivity index (χ1v) is 3.88. The van der Waals surface area contributed by atoms with Crippen molar-refractivity contribution in [3.8, 4) is 0 Å². The van der Waals surface area contributed by atoms with E-state index in [-0.39, 0.29) is 5.17 Å². The van der Waals surface area contributed by atoms with E-state index in [0.29, 0.717) is 0 Å². The summed E-state index contributed by atoms with van der Waals surface area (Å²) in [5.74, 6) is 0. The lowest BCUT2D eigenvalue weighted by atomic mass is 10.4. The topological polar surface area (TPSA) is 32.6 Å². The Morgan fingerprint density at radius 2 is 2.40 bits per heavy atom. The van der Waals surface area contributed by atoms with E-state index in [9.17, 15) is 0 Å². The maximum Gasteiger partial charge on any atom is 0.185 e. The zero-order valence-corrected chi connectivity index (χ0v) is 6.91. The molecule has 1 aromatic rings. The van der Waals surface area contributed by atoms with Gasteiger partial charge in [-0.15, -0.1) is 11.3 Å². The van der Waals surface area contributed by atoms with E-state index in [2.05, 4.69) is 5.16 Å². The van der Waals surface area contributed by atoms with Gasteiger partial charge in [0.05, 0.1) is 4.88 Å². The lowest BCUT2D eigenvalue weighted by Crippen LogP contribution is -1.83. The number of nitrogens with zero attached hydrogens (tertiary/aromatic N) is 1. The van der Waals surface area contributed by atoms with Crippen LogP contribution in [0.5, 0.6) is 0 Å². The molecule has 4 heteroatoms. The van der Waals surface area contributed by atoms with Crippen molar-refractivity contribution in [1.82, 2.24) is 0 Å². The van der Waals surface area contributed by atoms with Gasteiger partial charge in [-0.05, 0) is 19.1 Å². The largest absolute Gasteiger partial charge is 0.410 e. The van der Waals surface area contributed by atoms with Crippen LogP contribution in [0.4, 0.5) is 0 Å². The van der Waals surface area contributed by atoms with Gasteiger partial charge < -0.3 is 5.21 Å². The molecule has 0 saturated carbocycles. The number of hydrogen-bond acceptors (Lipinski definition) is 3. The maximum atomic E-state index is 8.26. The Labute approximate surface area is 67.7 Å². The molecule has 0 unspecified atom stereocenters. The van der Waals surface area contributed by atoms with E-state index >= 15 is 0 Å². The minimum Gasteiger partial charge on any atom is -0.410 e. The van der Waals surface area contributed by atoms with E-state index in [4.69, 9.17) is 16.8 Å². The summed E-state index contributed by atoms with van der Waals surface area (Å²) in [5, 5.41) is 11.3. The molecule has 0 aromatic carbocycles. The van der Waals surface area contributed by atoms with Crippen LogP contribution in [0, 0.1) is 6.92 Å². The highest BCUT2D eigenvalue weighted by molar-refractivity contribution is 7.15. The minimum absolute atomic E-state index is 0.151. The van der Waals surface area contributed by atoms with Gasteiger partial charge in [0, 0.05) is 4.88 Å². The SMILES string of the molecule is Cc1ccc(C(Cl)=NO)s1. The molecule has 0 aliphatic carbocycles. The zero-order valence-electron chi connectivity index (χ0n) is 5.34. The molecule has 54 valence electrons. The summed E-state index contributed by atoms with van der Waals surface area (Å²) in [4.78, 5) is 1.94. The molecule has 1 heterocycles. The predicted octanol–water partition coefficient (Wildman–Crippen LogP) is 2.43. The third-order valence-electron chi connectivity index (χ3n) is 1.03. The number of hydrogen-bond donors (Lipinski definition) is 1. The van der Waals surface area contributed by atoms with Gasteiger partial charge in [-0.1, -0.05) is 16.8 Å². The summed E-state index contributed by atoms with van der Waals surface area (Å²) in [6.07, 6.45) is 0. The molecule has 0 aliphatic rings. The molecular weight excluding hydrogens is 170 g/mol. The number of halogens is 1. The van der Waals surface area contributed by atoms with Crippen LogP contribution < -0.4 is 0 Å². The second-order valence-corrected chi connectivity index (χ2v) is 3.45. The molecule has 10 heavy (non-hydrogen) atoms. The quantitative estimate of drug-likeness (QED) is 0.397. The molecule has 0 radical (unpaired) electrons. The van der Waals surface area contributed by atoms with Gasteiger partial charge in [-0.25, -0.2) is 0 Å². The maximum absolute atomic E-state index is 8.26. The summed E-state index contributed by atoms with van der Waals surface area (Å²) < 4.78 is 0. The van der Waals surface area contributed by atoms with Crippen LogP contribution in [0.3, 0.4) is 0 Å². The van der Waals surface area contributed by atoms with Crippen molar-refractivity contribution >= 4 is 28.1 Å². The Bertz CT molecular complexity index is 256. The Morgan fingerprint density at radius 3 is 2.80 bits per heavy atom. The van der Waals surface area contributed by atoms with Crippen molar-refractivity contribution in [2.24, 2.45) is 5.16 Å². The molecule has 1 rings (SSSR count). The van der Waals surface area contributed by atoms with Crippen LogP contribution in [0.15, 0.2) is 17.3 Å². The normalized spacial score (nSPS) is 12.0. The molecule has 2 nitrogen and oxygen atoms in total. The highest BCUT2D eigenvalue weighted by Gasteiger charge is 2.01. The summed E-state index contributed by atoms with van der Waals surface area (Å²) >= 11 is 7.01. The van der Waals surface area contributed by atoms with Crippen molar-refractivity contribution in [2.45, 2.75) is 6.92 Å². The Balaban J connectivity index is 2.95. The van der Waals surface area contributed by atoms with Gasteiger partial charge in [0.25, 0.3) is 0 Å². The Kier molecular flexibility index (Phi) is 2.29. The van der Waals surface area contributed by atoms with E-state index in [1.54, 1.807) is 0 Å². The molecule has 0 amide bonds. The molecule has 0 aliphatic heterocycles. The highest BCUT2D eigenvalue weighted by Crippen LogP contribution is 2.17. The fourth-order valence-corrected chi connectivity index (χ4v) is 1.52. The third-order valence-corrected chi connectivity index (χ3v) is 2.43. The fourth-order valence-electron chi connectivity index (χ4n) is 0.595. The first-order valence-electron chi connectivity index (χ1n) is 2.68. The van der Waals surface area contributed by atoms with Crippen LogP contribution in [0.1, 0.15) is 9.75 Å². The zero-order chi connectivity index (χ0) is 7.56. The van der Waals surface area contributed by atoms with Gasteiger partial charge >= 0.3 is 0 Å². The van der Waals surface area contributed by atoms with Gasteiger partial charge in [-0.3, -0.25) is 0 Å². The van der Waals surface area contributed by atoms with Crippen molar-refractivity contribution in [1.29, 1.82) is 0 Å². The lowest BCUT2D eigenvalue weighted by Gasteiger charge is -1.85. The molecule has 1 N–H and O–H groups in total. The molecule has 0 atom stereocenters. The van der Waals surface area contributed by atoms with Gasteiger partial charge in [0.1, 0.15) is 0 Å². The van der Waals surface area contributed by atoms with Crippen LogP contribution in [-0.4, -0.2) is 10.4 Å². The van der Waals surface area contributed by atoms with E-state index in [1.807, 2.05) is 19.1 Å². The highest BCUT2D eigenvalue weighted by atomic mass is 35.5. The van der Waals surface area contributed by atoms with Crippen molar-refractivity contribution < 1.29 is 5.21 Å². The first-order chi connectivity index (χ1) is 4.74. The van der Waals surface area contributed by atoms with Gasteiger partial charge in [-0.2, -0.15) is 0 Å². The summed E-state index contributed by atoms with van der Waals surface area (Å²) in [6.45, 7) is 1.97. The van der Waals surface area contributed by atoms with Crippen LogP contribution in [0.2, 0.25) is 0 Å². The van der Waals surface area contributed by atoms with E-state index in [0.717, 1.165) is 9.75 Å². The van der Waals surface area contributed by atoms with Crippen molar-refractivity contribution in [2.75, 3.05) is 0 Å². The number of aryl methyl sites for hydroxylation is 1. The average Bonchev–Trinajstić information content (AvgIpc) is 2.34. The molecule has 1 aromatic heterocycles. The van der Waals surface area contributed by atoms with Gasteiger partial charge in [0.15, 0.2) is 5.17 Å². The lowest BCUT2D eigenvalue weighted by molar-refractivity contribution is 0.321. The smallest absolute Gasteiger partial charge is 0.185 e. The van der Waals surface area contributed by atoms with E-state index in [1.165, 1.54) is 11.3 Å². The standard InChI is InChI=1S/C6H6ClNOS/c1-4-2-3-5(10-4)6(7)8-9/h2-3,9H,1H3.